The van der Waals surface area contributed by atoms with E-state index >= 15 is 0 Å². The summed E-state index contributed by atoms with van der Waals surface area (Å²) in [6, 6.07) is 0.145. The summed E-state index contributed by atoms with van der Waals surface area (Å²) in [6.45, 7) is 11.8. The highest BCUT2D eigenvalue weighted by Crippen LogP contribution is 2.14. The molecular weight excluding hydrogens is 278 g/mol. The molecule has 4 nitrogen and oxygen atoms in total. The first-order valence-electron chi connectivity index (χ1n) is 7.54. The van der Waals surface area contributed by atoms with E-state index < -0.39 is 0 Å². The summed E-state index contributed by atoms with van der Waals surface area (Å²) in [5, 5.41) is 0. The van der Waals surface area contributed by atoms with E-state index in [1.807, 2.05) is 13.8 Å². The molecule has 0 N–H and O–H groups in total. The molecule has 0 heterocycles. The number of alkyl halides is 1. The number of nitrogens with zero attached hydrogens (tertiary/aromatic N) is 1. The average molecular weight is 308 g/mol. The molecule has 0 spiro atoms. The lowest BCUT2D eigenvalue weighted by Gasteiger charge is -2.32. The second-order valence-electron chi connectivity index (χ2n) is 5.34. The lowest BCUT2D eigenvalue weighted by atomic mass is 10.0. The second kappa shape index (κ2) is 11.4. The third-order valence-electron chi connectivity index (χ3n) is 3.18. The molecule has 0 rings (SSSR count). The summed E-state index contributed by atoms with van der Waals surface area (Å²) in [4.78, 5) is 13.8. The van der Waals surface area contributed by atoms with Crippen LogP contribution < -0.4 is 0 Å². The Morgan fingerprint density at radius 1 is 1.10 bits per heavy atom. The molecule has 1 unspecified atom stereocenters. The van der Waals surface area contributed by atoms with Crippen molar-refractivity contribution in [3.8, 4) is 0 Å². The van der Waals surface area contributed by atoms with Crippen molar-refractivity contribution in [3.05, 3.63) is 0 Å². The Morgan fingerprint density at radius 3 is 2.05 bits per heavy atom. The summed E-state index contributed by atoms with van der Waals surface area (Å²) in [5.41, 5.74) is 0. The van der Waals surface area contributed by atoms with Crippen molar-refractivity contribution < 1.29 is 14.3 Å². The van der Waals surface area contributed by atoms with E-state index in [-0.39, 0.29) is 24.1 Å². The van der Waals surface area contributed by atoms with Crippen LogP contribution in [0, 0.1) is 5.92 Å². The predicted octanol–water partition coefficient (Wildman–Crippen LogP) is 3.28. The first-order chi connectivity index (χ1) is 9.46. The third-order valence-corrected chi connectivity index (χ3v) is 3.41. The summed E-state index contributed by atoms with van der Waals surface area (Å²) < 4.78 is 11.0. The molecule has 0 saturated heterocycles. The molecule has 0 aliphatic heterocycles. The zero-order valence-corrected chi connectivity index (χ0v) is 14.3. The highest BCUT2D eigenvalue weighted by molar-refractivity contribution is 6.27. The zero-order chi connectivity index (χ0) is 15.5. The van der Waals surface area contributed by atoms with Gasteiger partial charge in [-0.2, -0.15) is 0 Å². The van der Waals surface area contributed by atoms with Crippen molar-refractivity contribution in [2.75, 3.05) is 25.6 Å². The fraction of sp³-hybridized carbons (Fsp3) is 0.933. The molecule has 5 heteroatoms. The van der Waals surface area contributed by atoms with Crippen molar-refractivity contribution in [2.45, 2.75) is 59.8 Å². The maximum absolute atomic E-state index is 12.0. The number of ether oxygens (including phenoxy) is 2. The number of carbonyl (C=O) groups excluding carboxylic acids is 1. The Hall–Kier alpha value is -0.320. The topological polar surface area (TPSA) is 38.8 Å². The van der Waals surface area contributed by atoms with Crippen LogP contribution in [0.1, 0.15) is 47.5 Å². The van der Waals surface area contributed by atoms with Gasteiger partial charge in [-0.25, -0.2) is 0 Å². The maximum atomic E-state index is 12.0. The van der Waals surface area contributed by atoms with E-state index in [1.54, 1.807) is 4.90 Å². The van der Waals surface area contributed by atoms with Crippen LogP contribution in [-0.2, 0) is 14.3 Å². The van der Waals surface area contributed by atoms with Crippen LogP contribution in [0.5, 0.6) is 0 Å². The summed E-state index contributed by atoms with van der Waals surface area (Å²) >= 11 is 5.72. The van der Waals surface area contributed by atoms with Crippen LogP contribution in [0.3, 0.4) is 0 Å². The van der Waals surface area contributed by atoms with Crippen molar-refractivity contribution in [1.29, 1.82) is 0 Å². The van der Waals surface area contributed by atoms with Crippen LogP contribution in [0.25, 0.3) is 0 Å². The van der Waals surface area contributed by atoms with Crippen LogP contribution in [0.4, 0.5) is 0 Å². The number of hydrogen-bond donors (Lipinski definition) is 0. The minimum absolute atomic E-state index is 0.00299. The summed E-state index contributed by atoms with van der Waals surface area (Å²) in [5.74, 6) is 0.559. The molecule has 1 amide bonds. The quantitative estimate of drug-likeness (QED) is 0.434. The minimum atomic E-state index is -0.376. The van der Waals surface area contributed by atoms with Crippen LogP contribution in [0.2, 0.25) is 0 Å². The SMILES string of the molecule is CCOC(CN(C(=O)CCl)C(C)CCC(C)C)OCC. The second-order valence-corrected chi connectivity index (χ2v) is 5.61. The Labute approximate surface area is 128 Å². The van der Waals surface area contributed by atoms with Crippen LogP contribution >= 0.6 is 11.6 Å². The number of hydrogen-bond acceptors (Lipinski definition) is 3. The highest BCUT2D eigenvalue weighted by atomic mass is 35.5. The zero-order valence-electron chi connectivity index (χ0n) is 13.5. The van der Waals surface area contributed by atoms with Crippen LogP contribution in [-0.4, -0.2) is 48.8 Å². The van der Waals surface area contributed by atoms with Gasteiger partial charge in [-0.05, 0) is 39.5 Å². The van der Waals surface area contributed by atoms with Gasteiger partial charge < -0.3 is 14.4 Å². The average Bonchev–Trinajstić information content (AvgIpc) is 2.41. The van der Waals surface area contributed by atoms with Crippen molar-refractivity contribution in [3.63, 3.8) is 0 Å². The van der Waals surface area contributed by atoms with E-state index in [9.17, 15) is 4.79 Å². The van der Waals surface area contributed by atoms with Gasteiger partial charge in [-0.15, -0.1) is 11.6 Å². The molecule has 0 aliphatic carbocycles. The first kappa shape index (κ1) is 19.7. The smallest absolute Gasteiger partial charge is 0.237 e. The van der Waals surface area contributed by atoms with E-state index in [0.717, 1.165) is 12.8 Å². The van der Waals surface area contributed by atoms with E-state index in [2.05, 4.69) is 20.8 Å². The molecule has 0 aromatic rings. The van der Waals surface area contributed by atoms with Crippen molar-refractivity contribution in [1.82, 2.24) is 4.90 Å². The fourth-order valence-electron chi connectivity index (χ4n) is 2.02. The van der Waals surface area contributed by atoms with Gasteiger partial charge in [0.2, 0.25) is 5.91 Å². The molecule has 0 fully saturated rings. The molecule has 0 aliphatic rings. The molecule has 0 saturated carbocycles. The highest BCUT2D eigenvalue weighted by Gasteiger charge is 2.23. The normalized spacial score (nSPS) is 13.0. The largest absolute Gasteiger partial charge is 0.351 e. The molecule has 120 valence electrons. The third kappa shape index (κ3) is 8.08. The van der Waals surface area contributed by atoms with Gasteiger partial charge in [0.1, 0.15) is 5.88 Å². The van der Waals surface area contributed by atoms with Gasteiger partial charge in [-0.1, -0.05) is 13.8 Å². The number of carbonyl (C=O) groups is 1. The molecule has 0 radical (unpaired) electrons. The van der Waals surface area contributed by atoms with E-state index in [1.165, 1.54) is 0 Å². The maximum Gasteiger partial charge on any atom is 0.237 e. The standard InChI is InChI=1S/C15H30ClNO3/c1-6-19-15(20-7-2)11-17(14(18)10-16)13(5)9-8-12(3)4/h12-13,15H,6-11H2,1-5H3. The van der Waals surface area contributed by atoms with Gasteiger partial charge >= 0.3 is 0 Å². The van der Waals surface area contributed by atoms with E-state index in [0.29, 0.717) is 25.7 Å². The van der Waals surface area contributed by atoms with E-state index in [4.69, 9.17) is 21.1 Å². The Kier molecular flexibility index (Phi) is 11.2. The molecule has 0 aromatic carbocycles. The molecule has 0 bridgehead atoms. The monoisotopic (exact) mass is 307 g/mol. The first-order valence-corrected chi connectivity index (χ1v) is 8.08. The van der Waals surface area contributed by atoms with Gasteiger partial charge in [0.05, 0.1) is 6.54 Å². The fourth-order valence-corrected chi connectivity index (χ4v) is 2.17. The minimum Gasteiger partial charge on any atom is -0.351 e. The summed E-state index contributed by atoms with van der Waals surface area (Å²) in [7, 11) is 0. The Balaban J connectivity index is 4.63. The van der Waals surface area contributed by atoms with Crippen molar-refractivity contribution in [2.24, 2.45) is 5.92 Å². The van der Waals surface area contributed by atoms with Gasteiger partial charge in [0, 0.05) is 19.3 Å². The van der Waals surface area contributed by atoms with Gasteiger partial charge in [0.25, 0.3) is 0 Å². The lowest BCUT2D eigenvalue weighted by molar-refractivity contribution is -0.161. The molecule has 20 heavy (non-hydrogen) atoms. The van der Waals surface area contributed by atoms with Gasteiger partial charge in [-0.3, -0.25) is 4.79 Å². The van der Waals surface area contributed by atoms with Crippen LogP contribution in [0.15, 0.2) is 0 Å². The number of amides is 1. The number of halogens is 1. The summed E-state index contributed by atoms with van der Waals surface area (Å²) in [6.07, 6.45) is 1.67. The Morgan fingerprint density at radius 2 is 1.65 bits per heavy atom. The molecule has 1 atom stereocenters. The predicted molar refractivity (Wildman–Crippen MR) is 83.0 cm³/mol. The Bertz CT molecular complexity index is 256. The number of rotatable bonds is 11. The van der Waals surface area contributed by atoms with Crippen molar-refractivity contribution >= 4 is 17.5 Å². The van der Waals surface area contributed by atoms with Gasteiger partial charge in [0.15, 0.2) is 6.29 Å². The lowest BCUT2D eigenvalue weighted by Crippen LogP contribution is -2.45. The molecule has 0 aromatic heterocycles. The molecular formula is C15H30ClNO3.